The highest BCUT2D eigenvalue weighted by Gasteiger charge is 2.29. The van der Waals surface area contributed by atoms with Crippen LogP contribution >= 0.6 is 0 Å². The molecule has 1 heterocycles. The second-order valence-electron chi connectivity index (χ2n) is 8.26. The van der Waals surface area contributed by atoms with Gasteiger partial charge in [-0.05, 0) is 43.8 Å². The molecule has 3 N–H and O–H groups in total. The van der Waals surface area contributed by atoms with Gasteiger partial charge in [0.2, 0.25) is 11.1 Å². The average molecular weight is 491 g/mol. The minimum Gasteiger partial charge on any atom is -0.469 e. The van der Waals surface area contributed by atoms with Gasteiger partial charge in [0.25, 0.3) is 5.91 Å². The Morgan fingerprint density at radius 2 is 1.91 bits per heavy atom. The number of hydrogen-bond acceptors (Lipinski definition) is 6. The molecule has 3 aromatic rings. The summed E-state index contributed by atoms with van der Waals surface area (Å²) in [6.07, 6.45) is 0.108. The first kappa shape index (κ1) is 25.3. The molecule has 0 aliphatic carbocycles. The fraction of sp³-hybridized carbons (Fsp3) is 0.304. The molecule has 0 radical (unpaired) electrons. The van der Waals surface area contributed by atoms with Gasteiger partial charge in [0.15, 0.2) is 17.4 Å². The quantitative estimate of drug-likeness (QED) is 0.417. The summed E-state index contributed by atoms with van der Waals surface area (Å²) in [5.74, 6) is -2.16. The zero-order valence-corrected chi connectivity index (χ0v) is 19.9. The molecule has 3 rings (SSSR count). The SMILES string of the molecule is CN(C)CC(Cc1ccccc1)c1ccc(F)c(OC(C(N)=O)c2nc(S(=O)(=O)O)cn2C)c1. The van der Waals surface area contributed by atoms with Crippen LogP contribution in [0.2, 0.25) is 0 Å². The first-order chi connectivity index (χ1) is 16.0. The molecule has 2 unspecified atom stereocenters. The monoisotopic (exact) mass is 490 g/mol. The van der Waals surface area contributed by atoms with Gasteiger partial charge in [-0.15, -0.1) is 0 Å². The molecule has 11 heteroatoms. The number of halogens is 1. The Bertz CT molecular complexity index is 1260. The highest BCUT2D eigenvalue weighted by molar-refractivity contribution is 7.85. The number of nitrogens with two attached hydrogens (primary N) is 1. The molecule has 0 fully saturated rings. The van der Waals surface area contributed by atoms with Crippen molar-refractivity contribution in [3.05, 3.63) is 77.5 Å². The molecule has 0 bridgehead atoms. The fourth-order valence-electron chi connectivity index (χ4n) is 3.68. The first-order valence-corrected chi connectivity index (χ1v) is 11.8. The van der Waals surface area contributed by atoms with Gasteiger partial charge in [-0.2, -0.15) is 8.42 Å². The number of rotatable bonds is 10. The van der Waals surface area contributed by atoms with Crippen molar-refractivity contribution < 1.29 is 26.9 Å². The number of likely N-dealkylation sites (N-methyl/N-ethyl adjacent to an activating group) is 1. The van der Waals surface area contributed by atoms with E-state index in [0.717, 1.165) is 17.3 Å². The number of amides is 1. The summed E-state index contributed by atoms with van der Waals surface area (Å²) >= 11 is 0. The van der Waals surface area contributed by atoms with Gasteiger partial charge in [0.05, 0.1) is 0 Å². The Hall–Kier alpha value is -3.28. The van der Waals surface area contributed by atoms with Gasteiger partial charge in [0.1, 0.15) is 0 Å². The number of ether oxygens (including phenoxy) is 1. The molecular weight excluding hydrogens is 463 g/mol. The zero-order chi connectivity index (χ0) is 25.0. The number of aromatic nitrogens is 2. The number of nitrogens with zero attached hydrogens (tertiary/aromatic N) is 3. The fourth-order valence-corrected chi connectivity index (χ4v) is 4.18. The molecule has 1 amide bonds. The average Bonchev–Trinajstić information content (AvgIpc) is 3.14. The Balaban J connectivity index is 1.96. The van der Waals surface area contributed by atoms with Crippen LogP contribution in [0.25, 0.3) is 0 Å². The highest BCUT2D eigenvalue weighted by atomic mass is 32.2. The summed E-state index contributed by atoms with van der Waals surface area (Å²) in [4.78, 5) is 17.9. The number of aryl methyl sites for hydroxylation is 1. The second kappa shape index (κ2) is 10.3. The van der Waals surface area contributed by atoms with Crippen LogP contribution in [0.3, 0.4) is 0 Å². The third-order valence-electron chi connectivity index (χ3n) is 5.23. The Kier molecular flexibility index (Phi) is 7.70. The van der Waals surface area contributed by atoms with Crippen molar-refractivity contribution in [1.82, 2.24) is 14.5 Å². The molecule has 1 aromatic heterocycles. The van der Waals surface area contributed by atoms with E-state index in [-0.39, 0.29) is 17.5 Å². The van der Waals surface area contributed by atoms with Crippen molar-refractivity contribution in [1.29, 1.82) is 0 Å². The molecule has 34 heavy (non-hydrogen) atoms. The maximum absolute atomic E-state index is 14.7. The lowest BCUT2D eigenvalue weighted by molar-refractivity contribution is -0.125. The number of carbonyl (C=O) groups excluding carboxylic acids is 1. The van der Waals surface area contributed by atoms with Crippen LogP contribution in [-0.2, 0) is 28.4 Å². The minimum absolute atomic E-state index is 0.00771. The van der Waals surface area contributed by atoms with E-state index in [9.17, 15) is 22.2 Å². The Morgan fingerprint density at radius 3 is 2.47 bits per heavy atom. The van der Waals surface area contributed by atoms with Crippen molar-refractivity contribution in [2.24, 2.45) is 12.8 Å². The van der Waals surface area contributed by atoms with Gasteiger partial charge < -0.3 is 19.9 Å². The molecule has 2 aromatic carbocycles. The van der Waals surface area contributed by atoms with E-state index in [1.807, 2.05) is 49.3 Å². The van der Waals surface area contributed by atoms with E-state index in [0.29, 0.717) is 13.0 Å². The highest BCUT2D eigenvalue weighted by Crippen LogP contribution is 2.30. The lowest BCUT2D eigenvalue weighted by Gasteiger charge is -2.23. The third-order valence-corrected chi connectivity index (χ3v) is 5.95. The van der Waals surface area contributed by atoms with E-state index >= 15 is 0 Å². The van der Waals surface area contributed by atoms with E-state index in [1.54, 1.807) is 6.07 Å². The van der Waals surface area contributed by atoms with Gasteiger partial charge in [-0.25, -0.2) is 9.37 Å². The van der Waals surface area contributed by atoms with Crippen molar-refractivity contribution in [3.63, 3.8) is 0 Å². The van der Waals surface area contributed by atoms with Crippen LogP contribution in [0.5, 0.6) is 5.75 Å². The van der Waals surface area contributed by atoms with Gasteiger partial charge >= 0.3 is 10.1 Å². The maximum atomic E-state index is 14.7. The molecular formula is C23H27FN4O5S. The van der Waals surface area contributed by atoms with Crippen LogP contribution in [0.1, 0.15) is 29.0 Å². The number of primary amides is 1. The van der Waals surface area contributed by atoms with Crippen molar-refractivity contribution >= 4 is 16.0 Å². The standard InChI is InChI=1S/C23H27FN4O5S/c1-27(2)13-17(11-15-7-5-4-6-8-15)16-9-10-18(24)19(12-16)33-21(22(25)29)23-26-20(14-28(23)3)34(30,31)32/h4-10,12,14,17,21H,11,13H2,1-3H3,(H2,25,29)(H,30,31,32). The third kappa shape index (κ3) is 6.19. The number of imidazole rings is 1. The van der Waals surface area contributed by atoms with E-state index in [2.05, 4.69) is 4.98 Å². The first-order valence-electron chi connectivity index (χ1n) is 10.4. The lowest BCUT2D eigenvalue weighted by atomic mass is 9.91. The van der Waals surface area contributed by atoms with E-state index in [1.165, 1.54) is 23.7 Å². The molecule has 9 nitrogen and oxygen atoms in total. The summed E-state index contributed by atoms with van der Waals surface area (Å²) in [6.45, 7) is 0.677. The Morgan fingerprint density at radius 1 is 1.24 bits per heavy atom. The largest absolute Gasteiger partial charge is 0.469 e. The van der Waals surface area contributed by atoms with Crippen molar-refractivity contribution in [2.75, 3.05) is 20.6 Å². The number of benzene rings is 2. The number of hydrogen-bond donors (Lipinski definition) is 2. The summed E-state index contributed by atoms with van der Waals surface area (Å²) in [5.41, 5.74) is 7.36. The van der Waals surface area contributed by atoms with Crippen LogP contribution in [0.15, 0.2) is 59.8 Å². The van der Waals surface area contributed by atoms with Crippen LogP contribution in [0, 0.1) is 5.82 Å². The summed E-state index contributed by atoms with van der Waals surface area (Å²) < 4.78 is 53.6. The minimum atomic E-state index is -4.62. The molecule has 0 spiro atoms. The van der Waals surface area contributed by atoms with Gasteiger partial charge in [0, 0.05) is 25.7 Å². The lowest BCUT2D eigenvalue weighted by Crippen LogP contribution is -2.29. The second-order valence-corrected chi connectivity index (χ2v) is 9.63. The smallest absolute Gasteiger partial charge is 0.313 e. The molecule has 2 atom stereocenters. The van der Waals surface area contributed by atoms with Crippen molar-refractivity contribution in [2.45, 2.75) is 23.5 Å². The van der Waals surface area contributed by atoms with Crippen LogP contribution in [-0.4, -0.2) is 54.0 Å². The summed E-state index contributed by atoms with van der Waals surface area (Å²) in [5, 5.41) is -0.678. The summed E-state index contributed by atoms with van der Waals surface area (Å²) in [6, 6.07) is 14.3. The normalized spacial score (nSPS) is 13.6. The van der Waals surface area contributed by atoms with Gasteiger partial charge in [-0.3, -0.25) is 9.35 Å². The van der Waals surface area contributed by atoms with Gasteiger partial charge in [-0.1, -0.05) is 36.4 Å². The van der Waals surface area contributed by atoms with Crippen LogP contribution in [0.4, 0.5) is 4.39 Å². The zero-order valence-electron chi connectivity index (χ0n) is 19.1. The topological polar surface area (TPSA) is 128 Å². The summed E-state index contributed by atoms with van der Waals surface area (Å²) in [7, 11) is 0.657. The Labute approximate surface area is 197 Å². The molecule has 0 aliphatic rings. The molecule has 0 saturated heterocycles. The van der Waals surface area contributed by atoms with E-state index in [4.69, 9.17) is 10.5 Å². The predicted molar refractivity (Wildman–Crippen MR) is 123 cm³/mol. The number of carbonyl (C=O) groups is 1. The predicted octanol–water partition coefficient (Wildman–Crippen LogP) is 2.30. The van der Waals surface area contributed by atoms with Crippen molar-refractivity contribution in [3.8, 4) is 5.75 Å². The maximum Gasteiger partial charge on any atom is 0.313 e. The van der Waals surface area contributed by atoms with Crippen LogP contribution < -0.4 is 10.5 Å². The molecule has 0 saturated carbocycles. The molecule has 182 valence electrons. The van der Waals surface area contributed by atoms with E-state index < -0.39 is 33.0 Å². The molecule has 0 aliphatic heterocycles.